The molecule has 0 aliphatic heterocycles. The van der Waals surface area contributed by atoms with Crippen molar-refractivity contribution in [2.75, 3.05) is 13.6 Å². The van der Waals surface area contributed by atoms with Gasteiger partial charge in [0.05, 0.1) is 5.01 Å². The Morgan fingerprint density at radius 1 is 1.28 bits per heavy atom. The zero-order chi connectivity index (χ0) is 13.0. The van der Waals surface area contributed by atoms with Crippen LogP contribution >= 0.6 is 11.3 Å². The predicted molar refractivity (Wildman–Crippen MR) is 78.4 cm³/mol. The topological polar surface area (TPSA) is 24.9 Å². The summed E-state index contributed by atoms with van der Waals surface area (Å²) in [4.78, 5) is 5.72. The molecule has 1 unspecified atom stereocenters. The van der Waals surface area contributed by atoms with Gasteiger partial charge in [0.2, 0.25) is 0 Å². The first-order chi connectivity index (χ1) is 8.70. The van der Waals surface area contributed by atoms with Crippen LogP contribution in [0.2, 0.25) is 0 Å². The second-order valence-corrected chi connectivity index (χ2v) is 5.98. The third-order valence-electron chi connectivity index (χ3n) is 3.20. The van der Waals surface area contributed by atoms with Gasteiger partial charge < -0.3 is 5.32 Å². The standard InChI is InChI=1S/C15H20N2S/c1-11-6-4-5-7-15(11)13(9-16-3)8-14-10-17-12(2)18-14/h4-7,10,13,16H,8-9H2,1-3H3. The number of hydrogen-bond acceptors (Lipinski definition) is 3. The molecule has 2 aromatic rings. The number of aryl methyl sites for hydroxylation is 2. The number of nitrogens with zero attached hydrogens (tertiary/aromatic N) is 1. The van der Waals surface area contributed by atoms with E-state index in [1.165, 1.54) is 16.0 Å². The summed E-state index contributed by atoms with van der Waals surface area (Å²) >= 11 is 1.80. The summed E-state index contributed by atoms with van der Waals surface area (Å²) in [6, 6.07) is 8.66. The highest BCUT2D eigenvalue weighted by Crippen LogP contribution is 2.25. The molecule has 0 saturated carbocycles. The van der Waals surface area contributed by atoms with E-state index in [1.54, 1.807) is 11.3 Å². The molecule has 1 aromatic heterocycles. The van der Waals surface area contributed by atoms with Crippen molar-refractivity contribution in [2.45, 2.75) is 26.2 Å². The van der Waals surface area contributed by atoms with Crippen LogP contribution in [-0.4, -0.2) is 18.6 Å². The van der Waals surface area contributed by atoms with Crippen LogP contribution in [-0.2, 0) is 6.42 Å². The Labute approximate surface area is 113 Å². The summed E-state index contributed by atoms with van der Waals surface area (Å²) in [6.07, 6.45) is 3.08. The van der Waals surface area contributed by atoms with Gasteiger partial charge in [-0.2, -0.15) is 0 Å². The Morgan fingerprint density at radius 2 is 2.06 bits per heavy atom. The minimum absolute atomic E-state index is 0.524. The first-order valence-electron chi connectivity index (χ1n) is 6.32. The smallest absolute Gasteiger partial charge is 0.0896 e. The fourth-order valence-electron chi connectivity index (χ4n) is 2.33. The van der Waals surface area contributed by atoms with Crippen molar-refractivity contribution >= 4 is 11.3 Å². The lowest BCUT2D eigenvalue weighted by molar-refractivity contribution is 0.626. The van der Waals surface area contributed by atoms with Gasteiger partial charge in [0.1, 0.15) is 0 Å². The lowest BCUT2D eigenvalue weighted by atomic mass is 9.91. The SMILES string of the molecule is CNCC(Cc1cnc(C)s1)c1ccccc1C. The normalized spacial score (nSPS) is 12.6. The molecule has 0 bridgehead atoms. The zero-order valence-corrected chi connectivity index (χ0v) is 12.1. The van der Waals surface area contributed by atoms with Gasteiger partial charge in [-0.15, -0.1) is 11.3 Å². The van der Waals surface area contributed by atoms with Gasteiger partial charge in [0.25, 0.3) is 0 Å². The van der Waals surface area contributed by atoms with E-state index in [9.17, 15) is 0 Å². The van der Waals surface area contributed by atoms with Crippen molar-refractivity contribution in [2.24, 2.45) is 0 Å². The summed E-state index contributed by atoms with van der Waals surface area (Å²) in [5.74, 6) is 0.524. The van der Waals surface area contributed by atoms with Gasteiger partial charge in [-0.25, -0.2) is 4.98 Å². The van der Waals surface area contributed by atoms with Crippen molar-refractivity contribution < 1.29 is 0 Å². The Morgan fingerprint density at radius 3 is 2.67 bits per heavy atom. The molecular formula is C15H20N2S. The molecule has 0 fully saturated rings. The van der Waals surface area contributed by atoms with Crippen LogP contribution in [0.15, 0.2) is 30.5 Å². The minimum Gasteiger partial charge on any atom is -0.319 e. The molecule has 2 nitrogen and oxygen atoms in total. The lowest BCUT2D eigenvalue weighted by Crippen LogP contribution is -2.19. The second-order valence-electron chi connectivity index (χ2n) is 4.66. The van der Waals surface area contributed by atoms with Gasteiger partial charge in [-0.05, 0) is 38.4 Å². The van der Waals surface area contributed by atoms with Crippen LogP contribution < -0.4 is 5.32 Å². The van der Waals surface area contributed by atoms with Crippen LogP contribution in [0.4, 0.5) is 0 Å². The molecule has 18 heavy (non-hydrogen) atoms. The third-order valence-corrected chi connectivity index (χ3v) is 4.13. The number of aromatic nitrogens is 1. The number of thiazole rings is 1. The van der Waals surface area contributed by atoms with E-state index in [0.29, 0.717) is 5.92 Å². The molecular weight excluding hydrogens is 240 g/mol. The number of likely N-dealkylation sites (N-methyl/N-ethyl adjacent to an activating group) is 1. The number of rotatable bonds is 5. The molecule has 1 atom stereocenters. The minimum atomic E-state index is 0.524. The molecule has 0 spiro atoms. The maximum absolute atomic E-state index is 4.34. The molecule has 3 heteroatoms. The highest BCUT2D eigenvalue weighted by Gasteiger charge is 2.14. The van der Waals surface area contributed by atoms with E-state index in [-0.39, 0.29) is 0 Å². The van der Waals surface area contributed by atoms with Crippen LogP contribution in [0, 0.1) is 13.8 Å². The van der Waals surface area contributed by atoms with Crippen LogP contribution in [0.25, 0.3) is 0 Å². The van der Waals surface area contributed by atoms with Gasteiger partial charge >= 0.3 is 0 Å². The maximum Gasteiger partial charge on any atom is 0.0896 e. The summed E-state index contributed by atoms with van der Waals surface area (Å²) in [6.45, 7) is 5.26. The highest BCUT2D eigenvalue weighted by atomic mass is 32.1. The third kappa shape index (κ3) is 3.18. The largest absolute Gasteiger partial charge is 0.319 e. The van der Waals surface area contributed by atoms with E-state index in [2.05, 4.69) is 48.4 Å². The second kappa shape index (κ2) is 6.12. The summed E-state index contributed by atoms with van der Waals surface area (Å²) < 4.78 is 0. The average Bonchev–Trinajstić information content (AvgIpc) is 2.75. The molecule has 0 saturated heterocycles. The molecule has 0 radical (unpaired) electrons. The predicted octanol–water partition coefficient (Wildman–Crippen LogP) is 3.31. The van der Waals surface area contributed by atoms with Crippen LogP contribution in [0.3, 0.4) is 0 Å². The van der Waals surface area contributed by atoms with Gasteiger partial charge in [-0.1, -0.05) is 24.3 Å². The molecule has 0 aliphatic rings. The van der Waals surface area contributed by atoms with Crippen molar-refractivity contribution in [3.63, 3.8) is 0 Å². The number of hydrogen-bond donors (Lipinski definition) is 1. The Bertz CT molecular complexity index is 505. The molecule has 2 rings (SSSR count). The Balaban J connectivity index is 2.20. The highest BCUT2D eigenvalue weighted by molar-refractivity contribution is 7.11. The first kappa shape index (κ1) is 13.2. The van der Waals surface area contributed by atoms with E-state index in [1.807, 2.05) is 13.2 Å². The van der Waals surface area contributed by atoms with E-state index in [4.69, 9.17) is 0 Å². The average molecular weight is 260 g/mol. The first-order valence-corrected chi connectivity index (χ1v) is 7.13. The van der Waals surface area contributed by atoms with E-state index in [0.717, 1.165) is 18.0 Å². The Kier molecular flexibility index (Phi) is 4.50. The quantitative estimate of drug-likeness (QED) is 0.892. The summed E-state index contributed by atoms with van der Waals surface area (Å²) in [7, 11) is 2.02. The molecule has 1 aromatic carbocycles. The maximum atomic E-state index is 4.34. The van der Waals surface area contributed by atoms with E-state index >= 15 is 0 Å². The molecule has 1 heterocycles. The van der Waals surface area contributed by atoms with Crippen molar-refractivity contribution in [1.29, 1.82) is 0 Å². The number of nitrogens with one attached hydrogen (secondary N) is 1. The zero-order valence-electron chi connectivity index (χ0n) is 11.2. The monoisotopic (exact) mass is 260 g/mol. The van der Waals surface area contributed by atoms with Gasteiger partial charge in [0, 0.05) is 23.5 Å². The van der Waals surface area contributed by atoms with Crippen LogP contribution in [0.1, 0.15) is 26.9 Å². The molecule has 0 amide bonds. The fourth-order valence-corrected chi connectivity index (χ4v) is 3.20. The molecule has 96 valence electrons. The fraction of sp³-hybridized carbons (Fsp3) is 0.400. The van der Waals surface area contributed by atoms with Crippen molar-refractivity contribution in [3.8, 4) is 0 Å². The van der Waals surface area contributed by atoms with Crippen molar-refractivity contribution in [1.82, 2.24) is 10.3 Å². The van der Waals surface area contributed by atoms with Crippen molar-refractivity contribution in [3.05, 3.63) is 51.5 Å². The molecule has 1 N–H and O–H groups in total. The van der Waals surface area contributed by atoms with Crippen LogP contribution in [0.5, 0.6) is 0 Å². The van der Waals surface area contributed by atoms with Gasteiger partial charge in [-0.3, -0.25) is 0 Å². The van der Waals surface area contributed by atoms with Gasteiger partial charge in [0.15, 0.2) is 0 Å². The molecule has 0 aliphatic carbocycles. The lowest BCUT2D eigenvalue weighted by Gasteiger charge is -2.18. The Hall–Kier alpha value is -1.19. The van der Waals surface area contributed by atoms with E-state index < -0.39 is 0 Å². The summed E-state index contributed by atoms with van der Waals surface area (Å²) in [5.41, 5.74) is 2.82. The number of benzene rings is 1. The summed E-state index contributed by atoms with van der Waals surface area (Å²) in [5, 5.41) is 4.46.